The average molecular weight is 229 g/mol. The van der Waals surface area contributed by atoms with Crippen molar-refractivity contribution in [2.45, 2.75) is 9.50 Å². The molecule has 0 saturated heterocycles. The number of nitrogens with one attached hydrogen (secondary N) is 1. The molecule has 2 N–H and O–H groups in total. The van der Waals surface area contributed by atoms with Gasteiger partial charge in [-0.15, -0.1) is 21.5 Å². The number of tetrazole rings is 1. The maximum atomic E-state index is 10.5. The van der Waals surface area contributed by atoms with Gasteiger partial charge in [-0.25, -0.2) is 9.78 Å². The lowest BCUT2D eigenvalue weighted by Crippen LogP contribution is -1.89. The van der Waals surface area contributed by atoms with Gasteiger partial charge in [0.2, 0.25) is 5.16 Å². The minimum absolute atomic E-state index is 0.191. The maximum absolute atomic E-state index is 10.5. The Labute approximate surface area is 85.6 Å². The van der Waals surface area contributed by atoms with Crippen molar-refractivity contribution >= 4 is 29.1 Å². The van der Waals surface area contributed by atoms with Gasteiger partial charge in [0.25, 0.3) is 0 Å². The zero-order chi connectivity index (χ0) is 9.97. The molecule has 0 aliphatic rings. The van der Waals surface area contributed by atoms with E-state index in [1.807, 2.05) is 0 Å². The summed E-state index contributed by atoms with van der Waals surface area (Å²) in [5.41, 5.74) is 0. The van der Waals surface area contributed by atoms with E-state index in [2.05, 4.69) is 25.6 Å². The number of nitrogens with zero attached hydrogens (tertiary/aromatic N) is 4. The summed E-state index contributed by atoms with van der Waals surface area (Å²) in [4.78, 5) is 14.6. The predicted molar refractivity (Wildman–Crippen MR) is 47.4 cm³/mol. The Bertz CT molecular complexity index is 439. The molecule has 0 bridgehead atoms. The molecule has 0 amide bonds. The van der Waals surface area contributed by atoms with Crippen LogP contribution in [0, 0.1) is 0 Å². The number of thiazole rings is 1. The number of carboxylic acid groups (broad SMARTS) is 1. The highest BCUT2D eigenvalue weighted by molar-refractivity contribution is 8.00. The van der Waals surface area contributed by atoms with Crippen LogP contribution in [0.1, 0.15) is 9.67 Å². The van der Waals surface area contributed by atoms with Crippen LogP contribution in [-0.2, 0) is 0 Å². The Hall–Kier alpha value is -1.48. The Morgan fingerprint density at radius 1 is 1.64 bits per heavy atom. The van der Waals surface area contributed by atoms with Gasteiger partial charge in [0.15, 0.2) is 4.34 Å². The van der Waals surface area contributed by atoms with Crippen molar-refractivity contribution in [2.75, 3.05) is 0 Å². The summed E-state index contributed by atoms with van der Waals surface area (Å²) in [5.74, 6) is -0.984. The first-order chi connectivity index (χ1) is 6.75. The second kappa shape index (κ2) is 3.72. The fraction of sp³-hybridized carbons (Fsp3) is 0. The summed E-state index contributed by atoms with van der Waals surface area (Å²) in [6, 6.07) is 0. The normalized spacial score (nSPS) is 10.3. The lowest BCUT2D eigenvalue weighted by Gasteiger charge is -1.85. The molecule has 0 fully saturated rings. The zero-order valence-electron chi connectivity index (χ0n) is 6.54. The van der Waals surface area contributed by atoms with Gasteiger partial charge in [0, 0.05) is 0 Å². The minimum atomic E-state index is -0.984. The number of H-pyrrole nitrogens is 1. The monoisotopic (exact) mass is 229 g/mol. The summed E-state index contributed by atoms with van der Waals surface area (Å²) in [6.07, 6.45) is 1.30. The molecule has 0 aliphatic heterocycles. The molecule has 2 heterocycles. The van der Waals surface area contributed by atoms with Gasteiger partial charge in [-0.2, -0.15) is 5.21 Å². The number of hydrogen-bond donors (Lipinski definition) is 2. The third-order valence-corrected chi connectivity index (χ3v) is 3.12. The van der Waals surface area contributed by atoms with Crippen LogP contribution in [0.3, 0.4) is 0 Å². The Kier molecular flexibility index (Phi) is 2.41. The van der Waals surface area contributed by atoms with Crippen LogP contribution < -0.4 is 0 Å². The summed E-state index contributed by atoms with van der Waals surface area (Å²) in [6.45, 7) is 0. The molecule has 2 aromatic heterocycles. The Morgan fingerprint density at radius 3 is 3.07 bits per heavy atom. The van der Waals surface area contributed by atoms with Gasteiger partial charge >= 0.3 is 5.97 Å². The topological polar surface area (TPSA) is 105 Å². The summed E-state index contributed by atoms with van der Waals surface area (Å²) in [7, 11) is 0. The number of aromatic amines is 1. The molecule has 2 aromatic rings. The van der Waals surface area contributed by atoms with Crippen LogP contribution in [0.2, 0.25) is 0 Å². The number of carboxylic acids is 1. The molecule has 72 valence electrons. The van der Waals surface area contributed by atoms with Gasteiger partial charge in [-0.05, 0) is 17.0 Å². The van der Waals surface area contributed by atoms with Crippen molar-refractivity contribution in [3.05, 3.63) is 11.1 Å². The maximum Gasteiger partial charge on any atom is 0.347 e. The van der Waals surface area contributed by atoms with Crippen molar-refractivity contribution < 1.29 is 9.90 Å². The van der Waals surface area contributed by atoms with Crippen LogP contribution in [0.15, 0.2) is 15.7 Å². The number of rotatable bonds is 3. The van der Waals surface area contributed by atoms with E-state index in [1.54, 1.807) is 0 Å². The molecule has 14 heavy (non-hydrogen) atoms. The fourth-order valence-electron chi connectivity index (χ4n) is 0.678. The van der Waals surface area contributed by atoms with Gasteiger partial charge in [-0.1, -0.05) is 0 Å². The summed E-state index contributed by atoms with van der Waals surface area (Å²) in [5, 5.41) is 22.1. The first-order valence-corrected chi connectivity index (χ1v) is 4.99. The lowest BCUT2D eigenvalue weighted by atomic mass is 10.6. The predicted octanol–water partition coefficient (Wildman–Crippen LogP) is 0.506. The van der Waals surface area contributed by atoms with Gasteiger partial charge in [0.05, 0.1) is 6.20 Å². The molecule has 0 aliphatic carbocycles. The third kappa shape index (κ3) is 1.88. The molecule has 0 aromatic carbocycles. The van der Waals surface area contributed by atoms with Crippen LogP contribution in [0.4, 0.5) is 0 Å². The van der Waals surface area contributed by atoms with Gasteiger partial charge < -0.3 is 5.11 Å². The van der Waals surface area contributed by atoms with E-state index >= 15 is 0 Å². The second-order valence-electron chi connectivity index (χ2n) is 2.09. The molecular weight excluding hydrogens is 226 g/mol. The Morgan fingerprint density at radius 2 is 2.50 bits per heavy atom. The molecule has 0 atom stereocenters. The van der Waals surface area contributed by atoms with Crippen molar-refractivity contribution in [1.29, 1.82) is 0 Å². The first kappa shape index (κ1) is 9.09. The largest absolute Gasteiger partial charge is 0.477 e. The minimum Gasteiger partial charge on any atom is -0.477 e. The van der Waals surface area contributed by atoms with E-state index in [4.69, 9.17) is 5.11 Å². The fourth-order valence-corrected chi connectivity index (χ4v) is 2.25. The molecule has 0 radical (unpaired) electrons. The van der Waals surface area contributed by atoms with Gasteiger partial charge in [-0.3, -0.25) is 0 Å². The van der Waals surface area contributed by atoms with Crippen molar-refractivity contribution in [2.24, 2.45) is 0 Å². The molecule has 0 saturated carbocycles. The van der Waals surface area contributed by atoms with E-state index in [-0.39, 0.29) is 4.88 Å². The van der Waals surface area contributed by atoms with E-state index in [1.165, 1.54) is 6.20 Å². The smallest absolute Gasteiger partial charge is 0.347 e. The van der Waals surface area contributed by atoms with Crippen LogP contribution in [-0.4, -0.2) is 36.7 Å². The van der Waals surface area contributed by atoms with E-state index < -0.39 is 5.97 Å². The molecule has 0 unspecified atom stereocenters. The molecule has 9 heteroatoms. The van der Waals surface area contributed by atoms with Crippen LogP contribution in [0.25, 0.3) is 0 Å². The standard InChI is InChI=1S/C5H3N5O2S2/c11-3(12)2-1-6-5(13-2)14-4-7-9-10-8-4/h1H,(H,11,12)(H,7,8,9,10). The second-order valence-corrected chi connectivity index (χ2v) is 4.34. The molecule has 2 rings (SSSR count). The first-order valence-electron chi connectivity index (χ1n) is 3.36. The molecule has 7 nitrogen and oxygen atoms in total. The van der Waals surface area contributed by atoms with Crippen molar-refractivity contribution in [3.8, 4) is 0 Å². The van der Waals surface area contributed by atoms with E-state index in [0.29, 0.717) is 9.50 Å². The SMILES string of the molecule is O=C(O)c1cnc(Sc2nn[nH]n2)s1. The average Bonchev–Trinajstić information content (AvgIpc) is 2.75. The molecular formula is C5H3N5O2S2. The number of aromatic nitrogens is 5. The quantitative estimate of drug-likeness (QED) is 0.789. The Balaban J connectivity index is 2.14. The highest BCUT2D eigenvalue weighted by Gasteiger charge is 2.10. The molecule has 0 spiro atoms. The lowest BCUT2D eigenvalue weighted by molar-refractivity contribution is 0.0702. The van der Waals surface area contributed by atoms with Crippen LogP contribution in [0.5, 0.6) is 0 Å². The number of hydrogen-bond acceptors (Lipinski definition) is 7. The highest BCUT2D eigenvalue weighted by atomic mass is 32.2. The van der Waals surface area contributed by atoms with Gasteiger partial charge in [0.1, 0.15) is 4.88 Å². The van der Waals surface area contributed by atoms with Crippen LogP contribution >= 0.6 is 23.1 Å². The third-order valence-electron chi connectivity index (χ3n) is 1.20. The highest BCUT2D eigenvalue weighted by Crippen LogP contribution is 2.27. The summed E-state index contributed by atoms with van der Waals surface area (Å²) >= 11 is 2.23. The summed E-state index contributed by atoms with van der Waals surface area (Å²) < 4.78 is 0.573. The number of aromatic carboxylic acids is 1. The van der Waals surface area contributed by atoms with E-state index in [9.17, 15) is 4.79 Å². The zero-order valence-corrected chi connectivity index (χ0v) is 8.17. The van der Waals surface area contributed by atoms with Crippen molar-refractivity contribution in [3.63, 3.8) is 0 Å². The van der Waals surface area contributed by atoms with Crippen molar-refractivity contribution in [1.82, 2.24) is 25.6 Å². The van der Waals surface area contributed by atoms with E-state index in [0.717, 1.165) is 23.1 Å². The number of carbonyl (C=O) groups is 1.